The highest BCUT2D eigenvalue weighted by molar-refractivity contribution is 5.99. The van der Waals surface area contributed by atoms with Gasteiger partial charge in [0.1, 0.15) is 5.75 Å². The molecule has 0 unspecified atom stereocenters. The number of nitrogens with zero attached hydrogens (tertiary/aromatic N) is 3. The van der Waals surface area contributed by atoms with Gasteiger partial charge in [0.05, 0.1) is 28.0 Å². The molecule has 0 aliphatic carbocycles. The highest BCUT2D eigenvalue weighted by Gasteiger charge is 2.36. The predicted octanol–water partition coefficient (Wildman–Crippen LogP) is 5.10. The molecule has 0 saturated carbocycles. The second-order valence-electron chi connectivity index (χ2n) is 9.70. The molecule has 3 aromatic carbocycles. The van der Waals surface area contributed by atoms with Gasteiger partial charge < -0.3 is 9.30 Å². The minimum Gasteiger partial charge on any atom is -0.477 e. The first-order chi connectivity index (χ1) is 17.3. The highest BCUT2D eigenvalue weighted by Crippen LogP contribution is 2.47. The molecular weight excluding hydrogens is 450 g/mol. The van der Waals surface area contributed by atoms with E-state index >= 15 is 0 Å². The van der Waals surface area contributed by atoms with E-state index in [1.807, 2.05) is 75.4 Å². The number of aryl methyl sites for hydroxylation is 4. The van der Waals surface area contributed by atoms with Crippen LogP contribution in [-0.2, 0) is 14.1 Å². The molecule has 3 heterocycles. The summed E-state index contributed by atoms with van der Waals surface area (Å²) < 4.78 is 11.6. The largest absolute Gasteiger partial charge is 0.477 e. The fourth-order valence-corrected chi connectivity index (χ4v) is 5.42. The summed E-state index contributed by atoms with van der Waals surface area (Å²) in [6.45, 7) is 6.13. The molecule has 0 saturated heterocycles. The zero-order valence-electron chi connectivity index (χ0n) is 21.0. The molecule has 0 spiro atoms. The Bertz CT molecular complexity index is 1820. The zero-order chi connectivity index (χ0) is 25.3. The van der Waals surface area contributed by atoms with Gasteiger partial charge in [-0.15, -0.1) is 0 Å². The minimum absolute atomic E-state index is 0.314. The molecule has 6 heteroatoms. The van der Waals surface area contributed by atoms with E-state index in [1.165, 1.54) is 11.6 Å². The number of hydrogen-bond donors (Lipinski definition) is 0. The lowest BCUT2D eigenvalue weighted by molar-refractivity contribution is 0.229. The Morgan fingerprint density at radius 1 is 0.806 bits per heavy atom. The van der Waals surface area contributed by atoms with E-state index in [2.05, 4.69) is 16.7 Å². The Morgan fingerprint density at radius 2 is 1.56 bits per heavy atom. The maximum absolute atomic E-state index is 13.8. The lowest BCUT2D eigenvalue weighted by Gasteiger charge is -2.30. The van der Waals surface area contributed by atoms with Crippen molar-refractivity contribution in [2.75, 3.05) is 0 Å². The molecule has 6 nitrogen and oxygen atoms in total. The fraction of sp³-hybridized carbons (Fsp3) is 0.200. The highest BCUT2D eigenvalue weighted by atomic mass is 16.5. The Balaban J connectivity index is 1.90. The van der Waals surface area contributed by atoms with Gasteiger partial charge in [-0.05, 0) is 49.6 Å². The van der Waals surface area contributed by atoms with Crippen LogP contribution in [0.4, 0.5) is 0 Å². The van der Waals surface area contributed by atoms with Gasteiger partial charge in [0, 0.05) is 19.7 Å². The van der Waals surface area contributed by atoms with Crippen molar-refractivity contribution in [1.29, 1.82) is 0 Å². The zero-order valence-corrected chi connectivity index (χ0v) is 21.0. The lowest BCUT2D eigenvalue weighted by atomic mass is 10.0. The van der Waals surface area contributed by atoms with Gasteiger partial charge in [-0.3, -0.25) is 13.9 Å². The Hall–Kier alpha value is -4.32. The number of fused-ring (bicyclic) bond motifs is 5. The molecule has 180 valence electrons. The SMILES string of the molecule is Cc1cccc([C@@H]2Oc3ccc(C)cc3-n3c(-c4ccccc4C)c4c(=O)n(C)c(=O)n(C)c4c32)c1. The van der Waals surface area contributed by atoms with Crippen LogP contribution < -0.4 is 16.0 Å². The van der Waals surface area contributed by atoms with Crippen LogP contribution in [0.2, 0.25) is 0 Å². The van der Waals surface area contributed by atoms with Crippen LogP contribution in [0.3, 0.4) is 0 Å². The van der Waals surface area contributed by atoms with Crippen molar-refractivity contribution in [3.63, 3.8) is 0 Å². The van der Waals surface area contributed by atoms with E-state index in [0.717, 1.165) is 50.6 Å². The summed E-state index contributed by atoms with van der Waals surface area (Å²) in [5.41, 5.74) is 7.48. The smallest absolute Gasteiger partial charge is 0.331 e. The van der Waals surface area contributed by atoms with Gasteiger partial charge >= 0.3 is 5.69 Å². The first-order valence-electron chi connectivity index (χ1n) is 12.0. The lowest BCUT2D eigenvalue weighted by Crippen LogP contribution is -2.37. The van der Waals surface area contributed by atoms with Crippen molar-refractivity contribution in [2.45, 2.75) is 26.9 Å². The minimum atomic E-state index is -0.502. The second kappa shape index (κ2) is 7.85. The van der Waals surface area contributed by atoms with Crippen LogP contribution in [0.5, 0.6) is 5.75 Å². The van der Waals surface area contributed by atoms with Crippen molar-refractivity contribution in [3.05, 3.63) is 116 Å². The first-order valence-corrected chi connectivity index (χ1v) is 12.0. The van der Waals surface area contributed by atoms with Crippen LogP contribution in [0, 0.1) is 20.8 Å². The normalized spacial score (nSPS) is 14.4. The summed E-state index contributed by atoms with van der Waals surface area (Å²) in [6, 6.07) is 22.3. The number of benzene rings is 3. The molecule has 0 N–H and O–H groups in total. The molecule has 2 aromatic heterocycles. The first kappa shape index (κ1) is 22.2. The summed E-state index contributed by atoms with van der Waals surface area (Å²) in [4.78, 5) is 27.0. The summed E-state index contributed by atoms with van der Waals surface area (Å²) in [7, 11) is 3.26. The van der Waals surface area contributed by atoms with Gasteiger partial charge in [-0.25, -0.2) is 4.79 Å². The Morgan fingerprint density at radius 3 is 2.31 bits per heavy atom. The van der Waals surface area contributed by atoms with Crippen molar-refractivity contribution in [2.24, 2.45) is 14.1 Å². The third-order valence-electron chi connectivity index (χ3n) is 7.20. The molecule has 1 atom stereocenters. The van der Waals surface area contributed by atoms with E-state index in [1.54, 1.807) is 11.6 Å². The molecule has 0 radical (unpaired) electrons. The van der Waals surface area contributed by atoms with E-state index in [0.29, 0.717) is 10.9 Å². The Kier molecular flexibility index (Phi) is 4.83. The maximum Gasteiger partial charge on any atom is 0.331 e. The van der Waals surface area contributed by atoms with Crippen molar-refractivity contribution < 1.29 is 4.74 Å². The van der Waals surface area contributed by atoms with Gasteiger partial charge in [0.25, 0.3) is 5.56 Å². The second-order valence-corrected chi connectivity index (χ2v) is 9.70. The van der Waals surface area contributed by atoms with Crippen molar-refractivity contribution in [1.82, 2.24) is 13.7 Å². The summed E-state index contributed by atoms with van der Waals surface area (Å²) >= 11 is 0. The van der Waals surface area contributed by atoms with Gasteiger partial charge in [-0.1, -0.05) is 60.2 Å². The molecular formula is C30H27N3O3. The Labute approximate surface area is 208 Å². The molecule has 36 heavy (non-hydrogen) atoms. The summed E-state index contributed by atoms with van der Waals surface area (Å²) in [5, 5.41) is 0.513. The maximum atomic E-state index is 13.8. The standard InChI is InChI=1S/C30H27N3O3/c1-17-9-8-11-20(15-17)28-27-26-24(29(34)32(5)30(35)31(26)4)25(21-12-7-6-10-19(21)3)33(27)22-16-18(2)13-14-23(22)36-28/h6-16,28H,1-5H3/t28-/m0/s1. The van der Waals surface area contributed by atoms with E-state index in [-0.39, 0.29) is 11.2 Å². The van der Waals surface area contributed by atoms with Crippen LogP contribution in [0.1, 0.15) is 34.1 Å². The summed E-state index contributed by atoms with van der Waals surface area (Å²) in [6.07, 6.45) is -0.502. The topological polar surface area (TPSA) is 58.2 Å². The number of rotatable bonds is 2. The number of hydrogen-bond acceptors (Lipinski definition) is 3. The third kappa shape index (κ3) is 3.04. The van der Waals surface area contributed by atoms with Crippen LogP contribution in [0.25, 0.3) is 27.8 Å². The number of ether oxygens (including phenoxy) is 1. The molecule has 5 aromatic rings. The van der Waals surface area contributed by atoms with E-state index in [4.69, 9.17) is 4.74 Å². The molecule has 1 aliphatic heterocycles. The quantitative estimate of drug-likeness (QED) is 0.355. The molecule has 0 fully saturated rings. The molecule has 0 bridgehead atoms. The summed E-state index contributed by atoms with van der Waals surface area (Å²) in [5.74, 6) is 0.733. The van der Waals surface area contributed by atoms with Crippen LogP contribution in [-0.4, -0.2) is 13.7 Å². The predicted molar refractivity (Wildman–Crippen MR) is 142 cm³/mol. The fourth-order valence-electron chi connectivity index (χ4n) is 5.42. The van der Waals surface area contributed by atoms with Gasteiger partial charge in [-0.2, -0.15) is 0 Å². The average Bonchev–Trinajstić information content (AvgIpc) is 3.22. The average molecular weight is 478 g/mol. The van der Waals surface area contributed by atoms with Crippen molar-refractivity contribution in [3.8, 4) is 22.7 Å². The molecule has 6 rings (SSSR count). The number of aromatic nitrogens is 3. The van der Waals surface area contributed by atoms with Gasteiger partial charge in [0.2, 0.25) is 0 Å². The van der Waals surface area contributed by atoms with Crippen LogP contribution in [0.15, 0.2) is 76.3 Å². The van der Waals surface area contributed by atoms with Crippen LogP contribution >= 0.6 is 0 Å². The van der Waals surface area contributed by atoms with Gasteiger partial charge in [0.15, 0.2) is 6.10 Å². The van der Waals surface area contributed by atoms with E-state index in [9.17, 15) is 9.59 Å². The van der Waals surface area contributed by atoms with E-state index < -0.39 is 6.10 Å². The van der Waals surface area contributed by atoms with Crippen molar-refractivity contribution >= 4 is 10.9 Å². The molecule has 1 aliphatic rings. The molecule has 0 amide bonds. The third-order valence-corrected chi connectivity index (χ3v) is 7.20. The monoisotopic (exact) mass is 477 g/mol.